The van der Waals surface area contributed by atoms with Gasteiger partial charge in [-0.1, -0.05) is 114 Å². The first-order valence-corrected chi connectivity index (χ1v) is 26.4. The second-order valence-electron chi connectivity index (χ2n) is 18.2. The molecule has 1 heterocycles. The molecule has 0 unspecified atom stereocenters. The SMILES string of the molecule is C/C=C/c1ccc(C[C@@H]2NC(=O)[C@H](Cc3ccccc3)NC(=O)[C@@H](CC(=O)[C@H](C)N)CSSC[C@@H](C(=O)C[C@H](C(=O)O)C(C)C)NC(=O)[C@H](Cc3ccc(O)cc3)NC(=O)[C@H](CCCCN)NC2=O)cc1. The standard InChI is InChI=1S/C52H69N7O10S2/c1-5-11-33-15-17-35(18-16-33)25-42-49(65)55-40(14-9-10-23-53)48(64)57-43(26-36-19-21-38(60)22-20-36)51(67)59-44(46(62)28-39(31(2)3)52(68)69)30-71-70-29-37(27-45(61)32(4)54)47(63)56-41(50(66)58-42)24-34-12-7-6-8-13-34/h5-8,11-13,15-22,31-32,37,39-44,60H,9-10,14,23-30,53-54H2,1-4H3,(H,55,65)(H,56,63)(H,57,64)(H,58,66)(H,59,67)(H,68,69)/b11-5+/t32-,37-,39-,40-,41-,42-,43-,44-/m0/s1. The summed E-state index contributed by atoms with van der Waals surface area (Å²) in [5.74, 6) is -8.51. The zero-order valence-corrected chi connectivity index (χ0v) is 42.4. The van der Waals surface area contributed by atoms with Crippen molar-refractivity contribution in [2.75, 3.05) is 18.1 Å². The van der Waals surface area contributed by atoms with E-state index in [1.165, 1.54) is 19.1 Å². The van der Waals surface area contributed by atoms with Gasteiger partial charge in [0.05, 0.1) is 23.9 Å². The number of aromatic hydroxyl groups is 1. The maximum absolute atomic E-state index is 14.7. The molecule has 71 heavy (non-hydrogen) atoms. The Morgan fingerprint density at radius 3 is 1.69 bits per heavy atom. The smallest absolute Gasteiger partial charge is 0.307 e. The van der Waals surface area contributed by atoms with Gasteiger partial charge in [0.25, 0.3) is 0 Å². The number of nitrogens with one attached hydrogen (secondary N) is 5. The van der Waals surface area contributed by atoms with Gasteiger partial charge in [0, 0.05) is 43.6 Å². The molecule has 11 N–H and O–H groups in total. The number of aliphatic carboxylic acids is 1. The lowest BCUT2D eigenvalue weighted by Crippen LogP contribution is -2.60. The van der Waals surface area contributed by atoms with Crippen molar-refractivity contribution in [2.24, 2.45) is 29.2 Å². The number of carbonyl (C=O) groups excluding carboxylic acids is 7. The van der Waals surface area contributed by atoms with Crippen LogP contribution in [0.2, 0.25) is 0 Å². The third kappa shape index (κ3) is 19.3. The lowest BCUT2D eigenvalue weighted by molar-refractivity contribution is -0.145. The fourth-order valence-corrected chi connectivity index (χ4v) is 10.3. The number of carboxylic acids is 1. The van der Waals surface area contributed by atoms with Crippen molar-refractivity contribution < 1.29 is 48.6 Å². The highest BCUT2D eigenvalue weighted by atomic mass is 33.1. The molecule has 4 rings (SSSR count). The quantitative estimate of drug-likeness (QED) is 0.0613. The van der Waals surface area contributed by atoms with E-state index in [0.717, 1.165) is 27.2 Å². The normalized spacial score (nSPS) is 22.0. The molecule has 1 aliphatic heterocycles. The van der Waals surface area contributed by atoms with E-state index in [4.69, 9.17) is 11.5 Å². The number of hydrogen-bond donors (Lipinski definition) is 9. The zero-order chi connectivity index (χ0) is 52.0. The number of hydrogen-bond acceptors (Lipinski definition) is 13. The van der Waals surface area contributed by atoms with Crippen LogP contribution in [-0.4, -0.2) is 112 Å². The van der Waals surface area contributed by atoms with Crippen molar-refractivity contribution >= 4 is 74.7 Å². The first kappa shape index (κ1) is 57.6. The highest BCUT2D eigenvalue weighted by Gasteiger charge is 2.36. The summed E-state index contributed by atoms with van der Waals surface area (Å²) in [5, 5.41) is 34.1. The summed E-state index contributed by atoms with van der Waals surface area (Å²) in [5.41, 5.74) is 14.6. The second kappa shape index (κ2) is 29.4. The zero-order valence-electron chi connectivity index (χ0n) is 40.8. The Morgan fingerprint density at radius 2 is 1.17 bits per heavy atom. The number of unbranched alkanes of at least 4 members (excludes halogenated alkanes) is 1. The summed E-state index contributed by atoms with van der Waals surface area (Å²) in [4.78, 5) is 112. The van der Waals surface area contributed by atoms with E-state index >= 15 is 0 Å². The Labute approximate surface area is 423 Å². The molecule has 3 aromatic carbocycles. The van der Waals surface area contributed by atoms with Crippen LogP contribution in [0.25, 0.3) is 6.08 Å². The van der Waals surface area contributed by atoms with Crippen LogP contribution in [0.1, 0.15) is 82.1 Å². The topological polar surface area (TPSA) is 289 Å². The number of phenolic OH excluding ortho intramolecular Hbond substituents is 1. The summed E-state index contributed by atoms with van der Waals surface area (Å²) < 4.78 is 0. The highest BCUT2D eigenvalue weighted by molar-refractivity contribution is 8.76. The van der Waals surface area contributed by atoms with E-state index < -0.39 is 107 Å². The van der Waals surface area contributed by atoms with Gasteiger partial charge in [-0.15, -0.1) is 0 Å². The van der Waals surface area contributed by atoms with Crippen LogP contribution in [0.15, 0.2) is 84.9 Å². The van der Waals surface area contributed by atoms with Crippen LogP contribution in [0.3, 0.4) is 0 Å². The predicted octanol–water partition coefficient (Wildman–Crippen LogP) is 3.64. The molecule has 5 amide bonds. The van der Waals surface area contributed by atoms with Crippen LogP contribution >= 0.6 is 21.6 Å². The van der Waals surface area contributed by atoms with Crippen molar-refractivity contribution in [2.45, 2.75) is 115 Å². The monoisotopic (exact) mass is 1020 g/mol. The first-order valence-electron chi connectivity index (χ1n) is 23.9. The predicted molar refractivity (Wildman–Crippen MR) is 277 cm³/mol. The largest absolute Gasteiger partial charge is 0.508 e. The summed E-state index contributed by atoms with van der Waals surface area (Å²) in [6.45, 7) is 7.01. The summed E-state index contributed by atoms with van der Waals surface area (Å²) in [6.07, 6.45) is 3.87. The van der Waals surface area contributed by atoms with E-state index in [-0.39, 0.29) is 55.9 Å². The fourth-order valence-electron chi connectivity index (χ4n) is 7.76. The lowest BCUT2D eigenvalue weighted by Gasteiger charge is -2.28. The van der Waals surface area contributed by atoms with Gasteiger partial charge < -0.3 is 48.3 Å². The molecular formula is C52H69N7O10S2. The van der Waals surface area contributed by atoms with E-state index in [1.807, 2.05) is 43.3 Å². The van der Waals surface area contributed by atoms with Gasteiger partial charge in [-0.2, -0.15) is 0 Å². The van der Waals surface area contributed by atoms with E-state index in [1.54, 1.807) is 56.3 Å². The Morgan fingerprint density at radius 1 is 0.676 bits per heavy atom. The average molecular weight is 1020 g/mol. The van der Waals surface area contributed by atoms with Gasteiger partial charge >= 0.3 is 5.97 Å². The summed E-state index contributed by atoms with van der Waals surface area (Å²) in [7, 11) is 2.24. The number of ketones is 2. The minimum absolute atomic E-state index is 0.00436. The van der Waals surface area contributed by atoms with Crippen LogP contribution in [0, 0.1) is 17.8 Å². The molecule has 17 nitrogen and oxygen atoms in total. The Balaban J connectivity index is 1.85. The number of nitrogens with two attached hydrogens (primary N) is 2. The molecule has 0 aliphatic carbocycles. The third-order valence-corrected chi connectivity index (χ3v) is 14.6. The molecule has 1 saturated heterocycles. The number of phenols is 1. The van der Waals surface area contributed by atoms with Crippen molar-refractivity contribution in [3.8, 4) is 5.75 Å². The molecule has 3 aromatic rings. The number of carbonyl (C=O) groups is 8. The van der Waals surface area contributed by atoms with Crippen molar-refractivity contribution in [3.05, 3.63) is 107 Å². The molecule has 384 valence electrons. The minimum atomic E-state index is -1.36. The van der Waals surface area contributed by atoms with Crippen LogP contribution < -0.4 is 38.1 Å². The molecule has 1 aliphatic rings. The average Bonchev–Trinajstić information content (AvgIpc) is 3.33. The molecule has 0 saturated carbocycles. The number of benzene rings is 3. The number of rotatable bonds is 19. The van der Waals surface area contributed by atoms with E-state index in [9.17, 15) is 48.6 Å². The molecule has 0 bridgehead atoms. The van der Waals surface area contributed by atoms with Gasteiger partial charge in [-0.25, -0.2) is 0 Å². The Kier molecular flexibility index (Phi) is 23.8. The number of amides is 5. The van der Waals surface area contributed by atoms with E-state index in [2.05, 4.69) is 26.6 Å². The molecule has 1 fully saturated rings. The van der Waals surface area contributed by atoms with Crippen LogP contribution in [0.4, 0.5) is 0 Å². The van der Waals surface area contributed by atoms with Gasteiger partial charge in [-0.3, -0.25) is 38.4 Å². The number of Topliss-reactive ketones (excluding diaryl/α,β-unsaturated/α-hetero) is 2. The Hall–Kier alpha value is -6.02. The molecular weight excluding hydrogens is 947 g/mol. The van der Waals surface area contributed by atoms with Crippen LogP contribution in [0.5, 0.6) is 5.75 Å². The first-order chi connectivity index (χ1) is 33.9. The Bertz CT molecular complexity index is 2300. The summed E-state index contributed by atoms with van der Waals surface area (Å²) >= 11 is 0. The third-order valence-electron chi connectivity index (χ3n) is 12.1. The number of carboxylic acid groups (broad SMARTS) is 1. The maximum atomic E-state index is 14.7. The van der Waals surface area contributed by atoms with Gasteiger partial charge in [-0.05, 0) is 80.0 Å². The molecule has 0 aromatic heterocycles. The molecule has 8 atom stereocenters. The van der Waals surface area contributed by atoms with Crippen molar-refractivity contribution in [3.63, 3.8) is 0 Å². The van der Waals surface area contributed by atoms with Crippen molar-refractivity contribution in [1.82, 2.24) is 26.6 Å². The van der Waals surface area contributed by atoms with Gasteiger partial charge in [0.1, 0.15) is 35.7 Å². The lowest BCUT2D eigenvalue weighted by atomic mass is 9.89. The van der Waals surface area contributed by atoms with Gasteiger partial charge in [0.2, 0.25) is 29.5 Å². The van der Waals surface area contributed by atoms with E-state index in [0.29, 0.717) is 29.5 Å². The molecule has 19 heteroatoms. The minimum Gasteiger partial charge on any atom is -0.508 e. The molecule has 0 spiro atoms. The molecule has 0 radical (unpaired) electrons. The number of allylic oxidation sites excluding steroid dienone is 1. The maximum Gasteiger partial charge on any atom is 0.307 e. The highest BCUT2D eigenvalue weighted by Crippen LogP contribution is 2.28. The van der Waals surface area contributed by atoms with Crippen molar-refractivity contribution in [1.29, 1.82) is 0 Å². The van der Waals surface area contributed by atoms with Crippen LogP contribution in [-0.2, 0) is 57.6 Å². The summed E-state index contributed by atoms with van der Waals surface area (Å²) in [6, 6.07) is 14.9. The fraction of sp³-hybridized carbons (Fsp3) is 0.462. The van der Waals surface area contributed by atoms with Gasteiger partial charge in [0.15, 0.2) is 5.78 Å². The second-order valence-corrected chi connectivity index (χ2v) is 20.7.